The van der Waals surface area contributed by atoms with Crippen LogP contribution in [-0.4, -0.2) is 74.9 Å². The molecule has 10 heteroatoms. The van der Waals surface area contributed by atoms with Crippen LogP contribution in [0, 0.1) is 0 Å². The summed E-state index contributed by atoms with van der Waals surface area (Å²) < 4.78 is 34.3. The van der Waals surface area contributed by atoms with Crippen LogP contribution in [0.4, 0.5) is 0 Å². The highest BCUT2D eigenvalue weighted by atomic mass is 31.2. The minimum absolute atomic E-state index is 0.0220. The van der Waals surface area contributed by atoms with Crippen LogP contribution in [0.15, 0.2) is 36.5 Å². The number of phosphoric ester groups is 1. The van der Waals surface area contributed by atoms with E-state index in [1.165, 1.54) is 141 Å². The molecule has 0 amide bonds. The molecule has 0 aromatic heterocycles. The van der Waals surface area contributed by atoms with Gasteiger partial charge in [0.15, 0.2) is 6.10 Å². The van der Waals surface area contributed by atoms with E-state index in [1.54, 1.807) is 0 Å². The zero-order valence-corrected chi connectivity index (χ0v) is 39.9. The Hall–Kier alpha value is -1.77. The van der Waals surface area contributed by atoms with Crippen LogP contribution in [-0.2, 0) is 32.7 Å². The van der Waals surface area contributed by atoms with Crippen molar-refractivity contribution in [2.24, 2.45) is 0 Å². The van der Waals surface area contributed by atoms with Gasteiger partial charge in [-0.25, -0.2) is 4.57 Å². The normalized spacial score (nSPS) is 13.8. The Balaban J connectivity index is 4.28. The molecule has 0 heterocycles. The summed E-state index contributed by atoms with van der Waals surface area (Å²) in [6, 6.07) is 0. The molecule has 9 nitrogen and oxygen atoms in total. The van der Waals surface area contributed by atoms with Crippen molar-refractivity contribution < 1.29 is 42.1 Å². The van der Waals surface area contributed by atoms with Crippen molar-refractivity contribution in [2.75, 3.05) is 47.5 Å². The first-order valence-corrected chi connectivity index (χ1v) is 25.7. The molecule has 0 aromatic rings. The van der Waals surface area contributed by atoms with Crippen molar-refractivity contribution in [3.63, 3.8) is 0 Å². The highest BCUT2D eigenvalue weighted by Crippen LogP contribution is 2.43. The second-order valence-corrected chi connectivity index (χ2v) is 18.9. The van der Waals surface area contributed by atoms with Crippen molar-refractivity contribution in [3.05, 3.63) is 36.5 Å². The van der Waals surface area contributed by atoms with E-state index in [9.17, 15) is 19.0 Å². The number of nitrogens with zero attached hydrogens (tertiary/aromatic N) is 1. The van der Waals surface area contributed by atoms with Gasteiger partial charge in [0.1, 0.15) is 19.8 Å². The van der Waals surface area contributed by atoms with Gasteiger partial charge in [0.2, 0.25) is 0 Å². The Kier molecular flexibility index (Phi) is 40.3. The molecule has 0 fully saturated rings. The third kappa shape index (κ3) is 45.6. The highest BCUT2D eigenvalue weighted by Gasteiger charge is 2.27. The maximum atomic E-state index is 12.7. The topological polar surface area (TPSA) is 108 Å². The van der Waals surface area contributed by atoms with E-state index < -0.39 is 26.5 Å². The maximum absolute atomic E-state index is 12.7. The summed E-state index contributed by atoms with van der Waals surface area (Å²) in [6.07, 6.45) is 47.9. The lowest BCUT2D eigenvalue weighted by molar-refractivity contribution is -0.870. The quantitative estimate of drug-likeness (QED) is 0.0212. The number of ether oxygens (including phenoxy) is 2. The molecule has 0 bridgehead atoms. The fraction of sp³-hybridized carbons (Fsp3) is 0.837. The molecule has 59 heavy (non-hydrogen) atoms. The van der Waals surface area contributed by atoms with Crippen molar-refractivity contribution in [2.45, 2.75) is 219 Å². The highest BCUT2D eigenvalue weighted by molar-refractivity contribution is 7.47. The number of phosphoric acid groups is 1. The van der Waals surface area contributed by atoms with Gasteiger partial charge in [-0.2, -0.15) is 0 Å². The minimum Gasteiger partial charge on any atom is -0.462 e. The van der Waals surface area contributed by atoms with Gasteiger partial charge in [-0.1, -0.05) is 179 Å². The molecular weight excluding hydrogens is 762 g/mol. The third-order valence-corrected chi connectivity index (χ3v) is 11.4. The van der Waals surface area contributed by atoms with E-state index in [1.807, 2.05) is 33.3 Å². The minimum atomic E-state index is -4.39. The molecule has 1 N–H and O–H groups in total. The molecule has 0 aliphatic carbocycles. The maximum Gasteiger partial charge on any atom is 0.472 e. The van der Waals surface area contributed by atoms with Gasteiger partial charge in [-0.3, -0.25) is 18.6 Å². The summed E-state index contributed by atoms with van der Waals surface area (Å²) >= 11 is 0. The summed E-state index contributed by atoms with van der Waals surface area (Å²) in [5.41, 5.74) is 0. The largest absolute Gasteiger partial charge is 0.472 e. The first-order valence-electron chi connectivity index (χ1n) is 24.2. The Morgan fingerprint density at radius 2 is 0.949 bits per heavy atom. The number of hydrogen-bond acceptors (Lipinski definition) is 7. The number of rotatable bonds is 44. The van der Waals surface area contributed by atoms with Gasteiger partial charge < -0.3 is 18.9 Å². The summed E-state index contributed by atoms with van der Waals surface area (Å²) in [5.74, 6) is -0.878. The molecule has 0 saturated carbocycles. The SMILES string of the molecule is CCCCCCCC/C=C/C/C=C/CCC(=O)OC(COC(=O)CCCCCCCCC/C=C/CCCCCCCCCCCCC)COP(=O)(O)OCC[N+](C)(C)C. The summed E-state index contributed by atoms with van der Waals surface area (Å²) in [4.78, 5) is 35.4. The van der Waals surface area contributed by atoms with Crippen LogP contribution < -0.4 is 0 Å². The van der Waals surface area contributed by atoms with Gasteiger partial charge in [0, 0.05) is 12.8 Å². The molecule has 0 saturated heterocycles. The van der Waals surface area contributed by atoms with Gasteiger partial charge in [0.25, 0.3) is 0 Å². The first kappa shape index (κ1) is 57.2. The Labute approximate surface area is 363 Å². The van der Waals surface area contributed by atoms with E-state index >= 15 is 0 Å². The summed E-state index contributed by atoms with van der Waals surface area (Å²) in [5, 5.41) is 0. The van der Waals surface area contributed by atoms with Gasteiger partial charge in [-0.05, 0) is 57.8 Å². The molecule has 0 aromatic carbocycles. The second kappa shape index (κ2) is 41.6. The smallest absolute Gasteiger partial charge is 0.462 e. The van der Waals surface area contributed by atoms with Crippen molar-refractivity contribution >= 4 is 19.8 Å². The summed E-state index contributed by atoms with van der Waals surface area (Å²) in [6.45, 7) is 4.36. The second-order valence-electron chi connectivity index (χ2n) is 17.5. The average Bonchev–Trinajstić information content (AvgIpc) is 3.19. The number of carbonyl (C=O) groups excluding carboxylic acids is 2. The van der Waals surface area contributed by atoms with Crippen molar-refractivity contribution in [1.82, 2.24) is 0 Å². The van der Waals surface area contributed by atoms with E-state index in [2.05, 4.69) is 38.2 Å². The standard InChI is InChI=1S/C49H92NO8P/c1-6-8-10-12-14-16-18-20-21-22-23-24-25-26-27-28-30-31-33-35-37-39-41-48(51)55-45-47(46-57-59(53,54)56-44-43-50(3,4)5)58-49(52)42-40-38-36-34-32-29-19-17-15-13-11-9-7-2/h25-26,29,32,36,38,47H,6-24,27-28,30-31,33-35,37,39-46H2,1-5H3/p+1/b26-25+,32-29+,38-36+. The average molecular weight is 855 g/mol. The molecule has 2 unspecified atom stereocenters. The van der Waals surface area contributed by atoms with E-state index in [4.69, 9.17) is 18.5 Å². The van der Waals surface area contributed by atoms with Crippen LogP contribution in [0.3, 0.4) is 0 Å². The van der Waals surface area contributed by atoms with Crippen LogP contribution in [0.5, 0.6) is 0 Å². The number of carbonyl (C=O) groups is 2. The fourth-order valence-corrected chi connectivity index (χ4v) is 7.33. The summed E-state index contributed by atoms with van der Waals surface area (Å²) in [7, 11) is 1.45. The van der Waals surface area contributed by atoms with Crippen LogP contribution in [0.1, 0.15) is 213 Å². The van der Waals surface area contributed by atoms with Crippen molar-refractivity contribution in [3.8, 4) is 0 Å². The number of esters is 2. The molecule has 0 spiro atoms. The molecule has 0 aliphatic rings. The molecular formula is C49H93NO8P+. The van der Waals surface area contributed by atoms with Crippen LogP contribution >= 0.6 is 7.82 Å². The fourth-order valence-electron chi connectivity index (χ4n) is 6.59. The number of quaternary nitrogens is 1. The zero-order valence-electron chi connectivity index (χ0n) is 39.0. The van der Waals surface area contributed by atoms with E-state index in [0.717, 1.165) is 38.5 Å². The lowest BCUT2D eigenvalue weighted by atomic mass is 10.0. The Morgan fingerprint density at radius 3 is 1.42 bits per heavy atom. The molecule has 0 radical (unpaired) electrons. The predicted octanol–water partition coefficient (Wildman–Crippen LogP) is 14.1. The number of hydrogen-bond donors (Lipinski definition) is 1. The number of unbranched alkanes of at least 4 members (excludes halogenated alkanes) is 24. The van der Waals surface area contributed by atoms with Crippen LogP contribution in [0.2, 0.25) is 0 Å². The molecule has 2 atom stereocenters. The Bertz CT molecular complexity index is 1100. The zero-order chi connectivity index (χ0) is 43.6. The Morgan fingerprint density at radius 1 is 0.525 bits per heavy atom. The van der Waals surface area contributed by atoms with Gasteiger partial charge in [-0.15, -0.1) is 0 Å². The predicted molar refractivity (Wildman–Crippen MR) is 247 cm³/mol. The monoisotopic (exact) mass is 855 g/mol. The lowest BCUT2D eigenvalue weighted by Crippen LogP contribution is -2.37. The lowest BCUT2D eigenvalue weighted by Gasteiger charge is -2.24. The van der Waals surface area contributed by atoms with Crippen molar-refractivity contribution in [1.29, 1.82) is 0 Å². The first-order chi connectivity index (χ1) is 28.5. The number of allylic oxidation sites excluding steroid dienone is 6. The number of likely N-dealkylation sites (N-methyl/N-ethyl adjacent to an activating group) is 1. The molecule has 346 valence electrons. The van der Waals surface area contributed by atoms with Gasteiger partial charge >= 0.3 is 19.8 Å². The van der Waals surface area contributed by atoms with E-state index in [0.29, 0.717) is 17.4 Å². The molecule has 0 rings (SSSR count). The van der Waals surface area contributed by atoms with E-state index in [-0.39, 0.29) is 32.0 Å². The van der Waals surface area contributed by atoms with Gasteiger partial charge in [0.05, 0.1) is 27.7 Å². The molecule has 0 aliphatic heterocycles. The third-order valence-electron chi connectivity index (χ3n) is 10.4. The van der Waals surface area contributed by atoms with Crippen LogP contribution in [0.25, 0.3) is 0 Å².